The van der Waals surface area contributed by atoms with E-state index in [-0.39, 0.29) is 0 Å². The Kier molecular flexibility index (Phi) is 8.45. The molecule has 9 aromatic carbocycles. The maximum absolute atomic E-state index is 6.47. The largest absolute Gasteiger partial charge is 0.456 e. The predicted octanol–water partition coefficient (Wildman–Crippen LogP) is 14.6. The number of benzene rings is 9. The second-order valence-corrected chi connectivity index (χ2v) is 14.8. The van der Waals surface area contributed by atoms with E-state index in [1.54, 1.807) is 0 Å². The number of nitrogens with zero attached hydrogens (tertiary/aromatic N) is 3. The van der Waals surface area contributed by atoms with E-state index in [0.29, 0.717) is 17.5 Å². The molecule has 0 unspecified atom stereocenters. The number of hydrogen-bond acceptors (Lipinski definition) is 4. The van der Waals surface area contributed by atoms with Crippen LogP contribution in [0.3, 0.4) is 0 Å². The molecule has 4 nitrogen and oxygen atoms in total. The molecule has 2 heterocycles. The lowest BCUT2D eigenvalue weighted by Crippen LogP contribution is -2.00. The maximum atomic E-state index is 6.47. The number of fused-ring (bicyclic) bond motifs is 4. The average molecular weight is 754 g/mol. The smallest absolute Gasteiger partial charge is 0.164 e. The molecule has 0 radical (unpaired) electrons. The summed E-state index contributed by atoms with van der Waals surface area (Å²) in [6.07, 6.45) is 0. The Hall–Kier alpha value is -7.95. The molecule has 0 spiro atoms. The van der Waals surface area contributed by atoms with E-state index in [0.717, 1.165) is 71.7 Å². The van der Waals surface area contributed by atoms with Gasteiger partial charge in [-0.3, -0.25) is 0 Å². The summed E-state index contributed by atoms with van der Waals surface area (Å²) in [5.41, 5.74) is 13.5. The van der Waals surface area contributed by atoms with Gasteiger partial charge in [-0.1, -0.05) is 170 Å². The third-order valence-electron chi connectivity index (χ3n) is 11.1. The molecule has 0 aliphatic heterocycles. The average Bonchev–Trinajstić information content (AvgIpc) is 3.69. The minimum atomic E-state index is 0.587. The first-order valence-corrected chi connectivity index (χ1v) is 19.8. The van der Waals surface area contributed by atoms with Crippen LogP contribution in [-0.4, -0.2) is 15.0 Å². The highest BCUT2D eigenvalue weighted by atomic mass is 16.3. The number of hydrogen-bond donors (Lipinski definition) is 0. The van der Waals surface area contributed by atoms with Gasteiger partial charge in [0.2, 0.25) is 0 Å². The molecule has 0 bridgehead atoms. The van der Waals surface area contributed by atoms with E-state index >= 15 is 0 Å². The highest BCUT2D eigenvalue weighted by Crippen LogP contribution is 2.39. The second kappa shape index (κ2) is 14.5. The van der Waals surface area contributed by atoms with Gasteiger partial charge >= 0.3 is 0 Å². The summed E-state index contributed by atoms with van der Waals surface area (Å²) in [5.74, 6) is 1.79. The quantitative estimate of drug-likeness (QED) is 0.163. The van der Waals surface area contributed by atoms with Crippen molar-refractivity contribution in [3.63, 3.8) is 0 Å². The standard InChI is InChI=1S/C55H35N3O/c1-4-14-36(15-5-1)41-22-12-23-44(30-41)54-56-53(57-55(58-54)48-24-13-25-50-52(48)49-34-42-20-10-11-21-43(42)35-51(49)59-50)40-28-26-39(27-29-40)47-32-45(37-16-6-2-7-17-37)31-46(33-47)38-18-8-3-9-19-38/h1-35H. The van der Waals surface area contributed by atoms with Crippen LogP contribution in [-0.2, 0) is 0 Å². The summed E-state index contributed by atoms with van der Waals surface area (Å²) in [6.45, 7) is 0. The summed E-state index contributed by atoms with van der Waals surface area (Å²) in [5, 5.41) is 4.30. The molecular weight excluding hydrogens is 719 g/mol. The molecule has 2 aromatic heterocycles. The molecule has 4 heteroatoms. The van der Waals surface area contributed by atoms with Crippen molar-refractivity contribution in [1.82, 2.24) is 15.0 Å². The van der Waals surface area contributed by atoms with Crippen LogP contribution < -0.4 is 0 Å². The zero-order chi connectivity index (χ0) is 39.1. The van der Waals surface area contributed by atoms with Crippen LogP contribution in [0.4, 0.5) is 0 Å². The van der Waals surface area contributed by atoms with Crippen molar-refractivity contribution in [3.8, 4) is 78.7 Å². The van der Waals surface area contributed by atoms with E-state index in [9.17, 15) is 0 Å². The lowest BCUT2D eigenvalue weighted by molar-refractivity contribution is 0.669. The summed E-state index contributed by atoms with van der Waals surface area (Å²) in [4.78, 5) is 15.6. The van der Waals surface area contributed by atoms with Crippen molar-refractivity contribution in [1.29, 1.82) is 0 Å². The van der Waals surface area contributed by atoms with Crippen LogP contribution in [0.25, 0.3) is 111 Å². The van der Waals surface area contributed by atoms with Gasteiger partial charge in [-0.25, -0.2) is 15.0 Å². The monoisotopic (exact) mass is 753 g/mol. The Labute approximate surface area is 341 Å². The first-order chi connectivity index (χ1) is 29.2. The topological polar surface area (TPSA) is 51.8 Å². The zero-order valence-corrected chi connectivity index (χ0v) is 32.0. The van der Waals surface area contributed by atoms with Crippen molar-refractivity contribution in [2.75, 3.05) is 0 Å². The van der Waals surface area contributed by atoms with Gasteiger partial charge in [0.25, 0.3) is 0 Å². The van der Waals surface area contributed by atoms with Crippen LogP contribution in [0, 0.1) is 0 Å². The van der Waals surface area contributed by atoms with Crippen LogP contribution in [0.1, 0.15) is 0 Å². The second-order valence-electron chi connectivity index (χ2n) is 14.8. The van der Waals surface area contributed by atoms with Crippen molar-refractivity contribution in [3.05, 3.63) is 212 Å². The fourth-order valence-electron chi connectivity index (χ4n) is 8.12. The molecule has 0 amide bonds. The van der Waals surface area contributed by atoms with E-state index in [1.807, 2.05) is 18.2 Å². The van der Waals surface area contributed by atoms with E-state index in [1.165, 1.54) is 22.3 Å². The summed E-state index contributed by atoms with van der Waals surface area (Å²) in [6, 6.07) is 74.2. The predicted molar refractivity (Wildman–Crippen MR) is 243 cm³/mol. The lowest BCUT2D eigenvalue weighted by Gasteiger charge is -2.12. The molecule has 276 valence electrons. The molecule has 0 aliphatic carbocycles. The van der Waals surface area contributed by atoms with Gasteiger partial charge in [0.1, 0.15) is 11.2 Å². The summed E-state index contributed by atoms with van der Waals surface area (Å²) < 4.78 is 6.47. The van der Waals surface area contributed by atoms with Crippen molar-refractivity contribution < 1.29 is 4.42 Å². The summed E-state index contributed by atoms with van der Waals surface area (Å²) >= 11 is 0. The molecule has 0 atom stereocenters. The molecule has 59 heavy (non-hydrogen) atoms. The molecule has 11 aromatic rings. The van der Waals surface area contributed by atoms with Crippen LogP contribution in [0.15, 0.2) is 217 Å². The Morgan fingerprint density at radius 2 is 0.712 bits per heavy atom. The van der Waals surface area contributed by atoms with E-state index in [2.05, 4.69) is 194 Å². The molecule has 0 fully saturated rings. The lowest BCUT2D eigenvalue weighted by atomic mass is 9.93. The van der Waals surface area contributed by atoms with Crippen molar-refractivity contribution in [2.45, 2.75) is 0 Å². The molecule has 0 saturated heterocycles. The normalized spacial score (nSPS) is 11.4. The van der Waals surface area contributed by atoms with Gasteiger partial charge in [-0.2, -0.15) is 0 Å². The number of furan rings is 1. The van der Waals surface area contributed by atoms with Crippen molar-refractivity contribution >= 4 is 32.7 Å². The highest BCUT2D eigenvalue weighted by Gasteiger charge is 2.19. The van der Waals surface area contributed by atoms with Gasteiger partial charge in [-0.15, -0.1) is 0 Å². The highest BCUT2D eigenvalue weighted by molar-refractivity contribution is 6.15. The minimum absolute atomic E-state index is 0.587. The van der Waals surface area contributed by atoms with Gasteiger partial charge < -0.3 is 4.42 Å². The molecule has 0 aliphatic rings. The molecule has 0 N–H and O–H groups in total. The maximum Gasteiger partial charge on any atom is 0.164 e. The SMILES string of the molecule is c1ccc(-c2cc(-c3ccccc3)cc(-c3ccc(-c4nc(-c5cccc(-c6ccccc6)c5)nc(-c5cccc6oc7cc8ccccc8cc7c56)n4)cc3)c2)cc1. The molecule has 11 rings (SSSR count). The Morgan fingerprint density at radius 1 is 0.271 bits per heavy atom. The number of aromatic nitrogens is 3. The Bertz CT molecular complexity index is 3240. The van der Waals surface area contributed by atoms with Crippen molar-refractivity contribution in [2.24, 2.45) is 0 Å². The third-order valence-corrected chi connectivity index (χ3v) is 11.1. The van der Waals surface area contributed by atoms with Gasteiger partial charge in [-0.05, 0) is 97.7 Å². The third kappa shape index (κ3) is 6.53. The Balaban J connectivity index is 1.06. The van der Waals surface area contributed by atoms with E-state index < -0.39 is 0 Å². The van der Waals surface area contributed by atoms with Gasteiger partial charge in [0.05, 0.1) is 0 Å². The fraction of sp³-hybridized carbons (Fsp3) is 0. The number of rotatable bonds is 7. The zero-order valence-electron chi connectivity index (χ0n) is 32.0. The fourth-order valence-corrected chi connectivity index (χ4v) is 8.12. The first kappa shape index (κ1) is 34.3. The van der Waals surface area contributed by atoms with E-state index in [4.69, 9.17) is 19.4 Å². The van der Waals surface area contributed by atoms with Crippen LogP contribution in [0.5, 0.6) is 0 Å². The Morgan fingerprint density at radius 3 is 1.34 bits per heavy atom. The first-order valence-electron chi connectivity index (χ1n) is 19.8. The van der Waals surface area contributed by atoms with Crippen LogP contribution in [0.2, 0.25) is 0 Å². The van der Waals surface area contributed by atoms with Gasteiger partial charge in [0, 0.05) is 27.5 Å². The minimum Gasteiger partial charge on any atom is -0.456 e. The summed E-state index contributed by atoms with van der Waals surface area (Å²) in [7, 11) is 0. The van der Waals surface area contributed by atoms with Crippen LogP contribution >= 0.6 is 0 Å². The molecular formula is C55H35N3O. The molecule has 0 saturated carbocycles. The van der Waals surface area contributed by atoms with Gasteiger partial charge in [0.15, 0.2) is 17.5 Å².